The lowest BCUT2D eigenvalue weighted by Crippen LogP contribution is -2.52. The molecule has 1 aromatic heterocycles. The first-order valence-electron chi connectivity index (χ1n) is 5.98. The summed E-state index contributed by atoms with van der Waals surface area (Å²) in [5.41, 5.74) is 5.59. The maximum absolute atomic E-state index is 12.5. The summed E-state index contributed by atoms with van der Waals surface area (Å²) in [7, 11) is 0. The van der Waals surface area contributed by atoms with Gasteiger partial charge in [0.1, 0.15) is 0 Å². The second-order valence-electron chi connectivity index (χ2n) is 4.50. The van der Waals surface area contributed by atoms with Gasteiger partial charge in [-0.1, -0.05) is 12.2 Å². The molecule has 2 N–H and O–H groups in total. The first-order valence-corrected chi connectivity index (χ1v) is 7.16. The minimum absolute atomic E-state index is 0.00712. The summed E-state index contributed by atoms with van der Waals surface area (Å²) in [6, 6.07) is -0.00712. The molecule has 1 aliphatic heterocycles. The van der Waals surface area contributed by atoms with Crippen LogP contribution >= 0.6 is 23.8 Å². The predicted octanol–water partition coefficient (Wildman–Crippen LogP) is 1.35. The van der Waals surface area contributed by atoms with Gasteiger partial charge in [0.25, 0.3) is 0 Å². The number of anilines is 1. The third kappa shape index (κ3) is 3.36. The van der Waals surface area contributed by atoms with Crippen LogP contribution in [0.15, 0.2) is 0 Å². The minimum Gasteiger partial charge on any atom is -0.392 e. The Morgan fingerprint density at radius 3 is 2.40 bits per heavy atom. The number of hydrogen-bond acceptors (Lipinski definition) is 6. The molecule has 0 bridgehead atoms. The van der Waals surface area contributed by atoms with Crippen LogP contribution in [0.5, 0.6) is 0 Å². The molecule has 112 valence electrons. The maximum atomic E-state index is 12.5. The monoisotopic (exact) mass is 325 g/mol. The molecule has 1 aliphatic rings. The summed E-state index contributed by atoms with van der Waals surface area (Å²) < 4.78 is 40.7. The Bertz CT molecular complexity index is 481. The van der Waals surface area contributed by atoms with E-state index in [1.165, 1.54) is 0 Å². The van der Waals surface area contributed by atoms with E-state index in [9.17, 15) is 13.2 Å². The van der Waals surface area contributed by atoms with Crippen molar-refractivity contribution < 1.29 is 13.2 Å². The number of nitrogens with zero attached hydrogens (tertiary/aromatic N) is 4. The SMILES string of the molecule is CC(C(N)=S)N1CCN(c2nc(C(F)(F)F)ns2)CC1. The van der Waals surface area contributed by atoms with E-state index in [-0.39, 0.29) is 6.04 Å². The van der Waals surface area contributed by atoms with Gasteiger partial charge in [-0.25, -0.2) is 0 Å². The highest BCUT2D eigenvalue weighted by atomic mass is 32.1. The molecule has 2 rings (SSSR count). The second kappa shape index (κ2) is 5.78. The molecule has 0 radical (unpaired) electrons. The van der Waals surface area contributed by atoms with E-state index in [0.717, 1.165) is 11.5 Å². The zero-order valence-corrected chi connectivity index (χ0v) is 12.4. The molecule has 5 nitrogen and oxygen atoms in total. The zero-order valence-electron chi connectivity index (χ0n) is 10.7. The number of rotatable bonds is 3. The van der Waals surface area contributed by atoms with E-state index >= 15 is 0 Å². The highest BCUT2D eigenvalue weighted by molar-refractivity contribution is 7.80. The molecule has 0 amide bonds. The van der Waals surface area contributed by atoms with Crippen LogP contribution in [-0.2, 0) is 6.18 Å². The highest BCUT2D eigenvalue weighted by Gasteiger charge is 2.37. The Morgan fingerprint density at radius 1 is 1.35 bits per heavy atom. The van der Waals surface area contributed by atoms with Crippen molar-refractivity contribution in [2.24, 2.45) is 5.73 Å². The molecule has 1 atom stereocenters. The van der Waals surface area contributed by atoms with Gasteiger partial charge in [-0.05, 0) is 6.92 Å². The van der Waals surface area contributed by atoms with Gasteiger partial charge in [0.2, 0.25) is 11.0 Å². The molecule has 1 fully saturated rings. The van der Waals surface area contributed by atoms with Crippen molar-refractivity contribution in [1.29, 1.82) is 0 Å². The van der Waals surface area contributed by atoms with Gasteiger partial charge in [0, 0.05) is 37.7 Å². The molecule has 1 aromatic rings. The normalized spacial score (nSPS) is 19.1. The standard InChI is InChI=1S/C10H14F3N5S2/c1-6(7(14)19)17-2-4-18(5-3-17)9-15-8(16-20-9)10(11,12)13/h6H,2-5H2,1H3,(H2,14,19). The van der Waals surface area contributed by atoms with Crippen LogP contribution in [0.25, 0.3) is 0 Å². The van der Waals surface area contributed by atoms with Gasteiger partial charge >= 0.3 is 6.18 Å². The largest absolute Gasteiger partial charge is 0.452 e. The van der Waals surface area contributed by atoms with Crippen molar-refractivity contribution in [3.8, 4) is 0 Å². The Kier molecular flexibility index (Phi) is 4.45. The number of halogens is 3. The number of alkyl halides is 3. The van der Waals surface area contributed by atoms with Crippen molar-refractivity contribution in [3.63, 3.8) is 0 Å². The topological polar surface area (TPSA) is 58.3 Å². The fourth-order valence-corrected chi connectivity index (χ4v) is 2.83. The van der Waals surface area contributed by atoms with Crippen molar-refractivity contribution in [2.75, 3.05) is 31.1 Å². The number of piperazine rings is 1. The lowest BCUT2D eigenvalue weighted by atomic mass is 10.2. The van der Waals surface area contributed by atoms with Crippen LogP contribution in [0.3, 0.4) is 0 Å². The first kappa shape index (κ1) is 15.4. The summed E-state index contributed by atoms with van der Waals surface area (Å²) in [5, 5.41) is 0.306. The van der Waals surface area contributed by atoms with E-state index < -0.39 is 12.0 Å². The Morgan fingerprint density at radius 2 is 1.95 bits per heavy atom. The molecular formula is C10H14F3N5S2. The van der Waals surface area contributed by atoms with Crippen LogP contribution < -0.4 is 10.6 Å². The molecular weight excluding hydrogens is 311 g/mol. The van der Waals surface area contributed by atoms with E-state index in [2.05, 4.69) is 14.3 Å². The van der Waals surface area contributed by atoms with Crippen molar-refractivity contribution in [3.05, 3.63) is 5.82 Å². The lowest BCUT2D eigenvalue weighted by Gasteiger charge is -2.37. The molecule has 1 saturated heterocycles. The van der Waals surface area contributed by atoms with E-state index in [4.69, 9.17) is 18.0 Å². The highest BCUT2D eigenvalue weighted by Crippen LogP contribution is 2.30. The predicted molar refractivity (Wildman–Crippen MR) is 74.9 cm³/mol. The summed E-state index contributed by atoms with van der Waals surface area (Å²) in [6.07, 6.45) is -4.49. The molecule has 2 heterocycles. The molecule has 0 aliphatic carbocycles. The Labute approximate surface area is 123 Å². The zero-order chi connectivity index (χ0) is 14.9. The lowest BCUT2D eigenvalue weighted by molar-refractivity contribution is -0.144. The summed E-state index contributed by atoms with van der Waals surface area (Å²) in [4.78, 5) is 7.88. The first-order chi connectivity index (χ1) is 9.29. The number of hydrogen-bond donors (Lipinski definition) is 1. The summed E-state index contributed by atoms with van der Waals surface area (Å²) >= 11 is 5.72. The van der Waals surface area contributed by atoms with Gasteiger partial charge in [-0.2, -0.15) is 22.5 Å². The quantitative estimate of drug-likeness (QED) is 0.847. The van der Waals surface area contributed by atoms with Crippen molar-refractivity contribution >= 4 is 33.9 Å². The van der Waals surface area contributed by atoms with Crippen LogP contribution in [0.1, 0.15) is 12.7 Å². The molecule has 0 spiro atoms. The van der Waals surface area contributed by atoms with Crippen LogP contribution in [-0.4, -0.2) is 51.5 Å². The molecule has 20 heavy (non-hydrogen) atoms. The number of thiocarbonyl (C=S) groups is 1. The second-order valence-corrected chi connectivity index (χ2v) is 5.70. The van der Waals surface area contributed by atoms with Crippen LogP contribution in [0.4, 0.5) is 18.3 Å². The van der Waals surface area contributed by atoms with Crippen LogP contribution in [0.2, 0.25) is 0 Å². The van der Waals surface area contributed by atoms with Crippen LogP contribution in [0, 0.1) is 0 Å². The van der Waals surface area contributed by atoms with E-state index in [0.29, 0.717) is 36.3 Å². The van der Waals surface area contributed by atoms with Crippen molar-refractivity contribution in [2.45, 2.75) is 19.1 Å². The van der Waals surface area contributed by atoms with E-state index in [1.54, 1.807) is 4.90 Å². The van der Waals surface area contributed by atoms with Gasteiger partial charge in [0.15, 0.2) is 0 Å². The van der Waals surface area contributed by atoms with Gasteiger partial charge in [-0.15, -0.1) is 0 Å². The fraction of sp³-hybridized carbons (Fsp3) is 0.700. The number of aromatic nitrogens is 2. The van der Waals surface area contributed by atoms with Gasteiger partial charge < -0.3 is 10.6 Å². The smallest absolute Gasteiger partial charge is 0.392 e. The average Bonchev–Trinajstić information content (AvgIpc) is 2.87. The average molecular weight is 325 g/mol. The fourth-order valence-electron chi connectivity index (χ4n) is 1.94. The Balaban J connectivity index is 1.97. The maximum Gasteiger partial charge on any atom is 0.452 e. The molecule has 1 unspecified atom stereocenters. The van der Waals surface area contributed by atoms with Crippen molar-refractivity contribution in [1.82, 2.24) is 14.3 Å². The summed E-state index contributed by atoms with van der Waals surface area (Å²) in [5.74, 6) is -1.07. The molecule has 0 aromatic carbocycles. The third-order valence-electron chi connectivity index (χ3n) is 3.21. The molecule has 0 saturated carbocycles. The van der Waals surface area contributed by atoms with E-state index in [1.807, 2.05) is 6.92 Å². The Hall–Kier alpha value is -1.00. The molecule has 10 heteroatoms. The summed E-state index contributed by atoms with van der Waals surface area (Å²) in [6.45, 7) is 4.45. The van der Waals surface area contributed by atoms with Gasteiger partial charge in [-0.3, -0.25) is 4.90 Å². The third-order valence-corrected chi connectivity index (χ3v) is 4.33. The number of nitrogens with two attached hydrogens (primary N) is 1. The minimum atomic E-state index is -4.49. The van der Waals surface area contributed by atoms with Gasteiger partial charge in [0.05, 0.1) is 11.0 Å².